The fraction of sp³-hybridized carbons (Fsp3) is 0.308. The summed E-state index contributed by atoms with van der Waals surface area (Å²) in [5, 5.41) is 7.66. The number of hydrogen-bond donors (Lipinski definition) is 2. The first-order valence-electron chi connectivity index (χ1n) is 10.6. The van der Waals surface area contributed by atoms with E-state index < -0.39 is 0 Å². The van der Waals surface area contributed by atoms with Crippen molar-refractivity contribution in [1.29, 1.82) is 0 Å². The van der Waals surface area contributed by atoms with Crippen LogP contribution in [-0.4, -0.2) is 17.0 Å². The van der Waals surface area contributed by atoms with Crippen LogP contribution in [0.2, 0.25) is 0 Å². The van der Waals surface area contributed by atoms with Crippen molar-refractivity contribution < 1.29 is 0 Å². The third kappa shape index (κ3) is 5.69. The molecule has 0 unspecified atom stereocenters. The molecule has 1 aromatic heterocycles. The van der Waals surface area contributed by atoms with Gasteiger partial charge < -0.3 is 10.6 Å². The Morgan fingerprint density at radius 3 is 2.43 bits per heavy atom. The van der Waals surface area contributed by atoms with E-state index in [1.54, 1.807) is 0 Å². The molecule has 3 aromatic rings. The SMILES string of the molecule is CNc1nc(Nc2ccc(C)cc2)c2c(CC=C(C)CCC=C(C)C)cccc2n1. The topological polar surface area (TPSA) is 49.8 Å². The summed E-state index contributed by atoms with van der Waals surface area (Å²) in [5.41, 5.74) is 7.21. The number of aromatic nitrogens is 2. The van der Waals surface area contributed by atoms with Crippen LogP contribution in [0, 0.1) is 6.92 Å². The summed E-state index contributed by atoms with van der Waals surface area (Å²) >= 11 is 0. The first kappa shape index (κ1) is 21.6. The molecule has 0 atom stereocenters. The number of benzene rings is 2. The standard InChI is InChI=1S/C26H32N4/c1-18(2)8-6-9-19(3)12-15-21-10-7-11-23-24(21)25(30-26(27-5)29-23)28-22-16-13-20(4)14-17-22/h7-8,10-14,16-17H,6,9,15H2,1-5H3,(H2,27,28,29,30). The zero-order valence-electron chi connectivity index (χ0n) is 18.7. The van der Waals surface area contributed by atoms with Gasteiger partial charge in [-0.2, -0.15) is 4.98 Å². The van der Waals surface area contributed by atoms with Crippen LogP contribution in [0.1, 0.15) is 44.7 Å². The van der Waals surface area contributed by atoms with Gasteiger partial charge in [0.1, 0.15) is 5.82 Å². The lowest BCUT2D eigenvalue weighted by atomic mass is 10.0. The molecule has 0 aliphatic carbocycles. The van der Waals surface area contributed by atoms with Crippen LogP contribution >= 0.6 is 0 Å². The molecule has 0 saturated heterocycles. The van der Waals surface area contributed by atoms with Crippen molar-refractivity contribution in [3.05, 3.63) is 76.9 Å². The number of nitrogens with zero attached hydrogens (tertiary/aromatic N) is 2. The summed E-state index contributed by atoms with van der Waals surface area (Å²) in [4.78, 5) is 9.41. The number of fused-ring (bicyclic) bond motifs is 1. The summed E-state index contributed by atoms with van der Waals surface area (Å²) < 4.78 is 0. The zero-order valence-corrected chi connectivity index (χ0v) is 18.7. The minimum Gasteiger partial charge on any atom is -0.357 e. The number of aryl methyl sites for hydroxylation is 1. The van der Waals surface area contributed by atoms with Gasteiger partial charge >= 0.3 is 0 Å². The summed E-state index contributed by atoms with van der Waals surface area (Å²) in [6.07, 6.45) is 7.67. The highest BCUT2D eigenvalue weighted by Gasteiger charge is 2.11. The molecule has 30 heavy (non-hydrogen) atoms. The van der Waals surface area contributed by atoms with Gasteiger partial charge in [-0.25, -0.2) is 4.98 Å². The van der Waals surface area contributed by atoms with E-state index in [0.717, 1.165) is 41.7 Å². The minimum absolute atomic E-state index is 0.614. The molecule has 0 saturated carbocycles. The molecule has 0 amide bonds. The first-order valence-corrected chi connectivity index (χ1v) is 10.6. The van der Waals surface area contributed by atoms with E-state index in [1.807, 2.05) is 13.1 Å². The Kier molecular flexibility index (Phi) is 7.23. The number of anilines is 3. The van der Waals surface area contributed by atoms with Gasteiger partial charge in [-0.15, -0.1) is 0 Å². The smallest absolute Gasteiger partial charge is 0.224 e. The van der Waals surface area contributed by atoms with Gasteiger partial charge in [-0.1, -0.05) is 53.1 Å². The Hall–Kier alpha value is -3.14. The molecule has 0 aliphatic rings. The van der Waals surface area contributed by atoms with E-state index in [4.69, 9.17) is 4.98 Å². The van der Waals surface area contributed by atoms with E-state index in [0.29, 0.717) is 5.95 Å². The monoisotopic (exact) mass is 400 g/mol. The molecule has 0 radical (unpaired) electrons. The van der Waals surface area contributed by atoms with Gasteiger partial charge in [0.15, 0.2) is 0 Å². The van der Waals surface area contributed by atoms with Crippen LogP contribution in [0.15, 0.2) is 65.8 Å². The summed E-state index contributed by atoms with van der Waals surface area (Å²) in [7, 11) is 1.85. The Balaban J connectivity index is 1.94. The molecule has 0 aliphatic heterocycles. The average molecular weight is 401 g/mol. The maximum atomic E-state index is 4.73. The molecule has 1 heterocycles. The van der Waals surface area contributed by atoms with Gasteiger partial charge in [0.2, 0.25) is 5.95 Å². The number of hydrogen-bond acceptors (Lipinski definition) is 4. The molecule has 2 aromatic carbocycles. The number of allylic oxidation sites excluding steroid dienone is 4. The van der Waals surface area contributed by atoms with Crippen LogP contribution < -0.4 is 10.6 Å². The van der Waals surface area contributed by atoms with E-state index in [1.165, 1.54) is 22.3 Å². The average Bonchev–Trinajstić information content (AvgIpc) is 2.73. The normalized spacial score (nSPS) is 11.4. The summed E-state index contributed by atoms with van der Waals surface area (Å²) in [5.74, 6) is 1.45. The van der Waals surface area contributed by atoms with Crippen molar-refractivity contribution in [3.63, 3.8) is 0 Å². The molecule has 0 spiro atoms. The first-order chi connectivity index (χ1) is 14.5. The maximum Gasteiger partial charge on any atom is 0.224 e. The third-order valence-electron chi connectivity index (χ3n) is 5.11. The van der Waals surface area contributed by atoms with Crippen LogP contribution in [0.25, 0.3) is 10.9 Å². The molecule has 0 bridgehead atoms. The highest BCUT2D eigenvalue weighted by molar-refractivity contribution is 5.94. The van der Waals surface area contributed by atoms with E-state index in [9.17, 15) is 0 Å². The van der Waals surface area contributed by atoms with Crippen molar-refractivity contribution in [2.75, 3.05) is 17.7 Å². The number of nitrogens with one attached hydrogen (secondary N) is 2. The summed E-state index contributed by atoms with van der Waals surface area (Å²) in [6.45, 7) is 8.60. The van der Waals surface area contributed by atoms with Crippen molar-refractivity contribution in [2.45, 2.75) is 47.0 Å². The Bertz CT molecular complexity index is 1060. The van der Waals surface area contributed by atoms with Crippen molar-refractivity contribution >= 4 is 28.4 Å². The van der Waals surface area contributed by atoms with Crippen LogP contribution in [-0.2, 0) is 6.42 Å². The fourth-order valence-corrected chi connectivity index (χ4v) is 3.37. The second kappa shape index (κ2) is 10.1. The molecule has 4 nitrogen and oxygen atoms in total. The van der Waals surface area contributed by atoms with Crippen molar-refractivity contribution in [2.24, 2.45) is 0 Å². The lowest BCUT2D eigenvalue weighted by molar-refractivity contribution is 0.956. The molecular weight excluding hydrogens is 368 g/mol. The molecule has 156 valence electrons. The molecule has 4 heteroatoms. The Labute approximate surface area is 180 Å². The summed E-state index contributed by atoms with van der Waals surface area (Å²) in [6, 6.07) is 14.7. The minimum atomic E-state index is 0.614. The van der Waals surface area contributed by atoms with Gasteiger partial charge in [-0.3, -0.25) is 0 Å². The van der Waals surface area contributed by atoms with Crippen LogP contribution in [0.5, 0.6) is 0 Å². The zero-order chi connectivity index (χ0) is 21.5. The van der Waals surface area contributed by atoms with Crippen LogP contribution in [0.4, 0.5) is 17.5 Å². The fourth-order valence-electron chi connectivity index (χ4n) is 3.37. The highest BCUT2D eigenvalue weighted by Crippen LogP contribution is 2.29. The Morgan fingerprint density at radius 1 is 0.967 bits per heavy atom. The predicted molar refractivity (Wildman–Crippen MR) is 130 cm³/mol. The number of rotatable bonds is 8. The molecule has 3 rings (SSSR count). The molecular formula is C26H32N4. The van der Waals surface area contributed by atoms with Gasteiger partial charge in [-0.05, 0) is 70.7 Å². The van der Waals surface area contributed by atoms with Crippen molar-refractivity contribution in [1.82, 2.24) is 9.97 Å². The second-order valence-electron chi connectivity index (χ2n) is 8.02. The highest BCUT2D eigenvalue weighted by atomic mass is 15.1. The Morgan fingerprint density at radius 2 is 1.73 bits per heavy atom. The van der Waals surface area contributed by atoms with E-state index >= 15 is 0 Å². The van der Waals surface area contributed by atoms with Crippen LogP contribution in [0.3, 0.4) is 0 Å². The van der Waals surface area contributed by atoms with Gasteiger partial charge in [0.05, 0.1) is 5.52 Å². The quantitative estimate of drug-likeness (QED) is 0.401. The second-order valence-corrected chi connectivity index (χ2v) is 8.02. The molecule has 0 fully saturated rings. The maximum absolute atomic E-state index is 4.73. The van der Waals surface area contributed by atoms with E-state index in [2.05, 4.69) is 91.9 Å². The van der Waals surface area contributed by atoms with Gasteiger partial charge in [0.25, 0.3) is 0 Å². The largest absolute Gasteiger partial charge is 0.357 e. The van der Waals surface area contributed by atoms with Crippen molar-refractivity contribution in [3.8, 4) is 0 Å². The van der Waals surface area contributed by atoms with Gasteiger partial charge in [0, 0.05) is 18.1 Å². The molecule has 2 N–H and O–H groups in total. The predicted octanol–water partition coefficient (Wildman–Crippen LogP) is 6.96. The lowest BCUT2D eigenvalue weighted by Gasteiger charge is -2.14. The van der Waals surface area contributed by atoms with E-state index in [-0.39, 0.29) is 0 Å². The third-order valence-corrected chi connectivity index (χ3v) is 5.11. The lowest BCUT2D eigenvalue weighted by Crippen LogP contribution is -2.03.